The minimum Gasteiger partial charge on any atom is -0.493 e. The quantitative estimate of drug-likeness (QED) is 0.567. The van der Waals surface area contributed by atoms with E-state index >= 15 is 0 Å². The van der Waals surface area contributed by atoms with Crippen LogP contribution >= 0.6 is 11.3 Å². The molecule has 1 atom stereocenters. The van der Waals surface area contributed by atoms with Crippen LogP contribution in [0.25, 0.3) is 10.6 Å². The van der Waals surface area contributed by atoms with Crippen LogP contribution in [-0.4, -0.2) is 22.7 Å². The molecule has 150 valence electrons. The van der Waals surface area contributed by atoms with Crippen LogP contribution in [0.4, 0.5) is 4.39 Å². The van der Waals surface area contributed by atoms with E-state index in [0.29, 0.717) is 13.0 Å². The summed E-state index contributed by atoms with van der Waals surface area (Å²) in [4.78, 5) is 16.8. The normalized spacial score (nSPS) is 15.3. The van der Waals surface area contributed by atoms with Gasteiger partial charge in [-0.25, -0.2) is 9.37 Å². The second kappa shape index (κ2) is 8.33. The van der Waals surface area contributed by atoms with Gasteiger partial charge >= 0.3 is 5.97 Å². The van der Waals surface area contributed by atoms with Crippen molar-refractivity contribution in [3.05, 3.63) is 70.0 Å². The third kappa shape index (κ3) is 4.48. The highest BCUT2D eigenvalue weighted by Crippen LogP contribution is 2.37. The average Bonchev–Trinajstić information content (AvgIpc) is 3.25. The molecule has 0 radical (unpaired) electrons. The van der Waals surface area contributed by atoms with E-state index in [1.807, 2.05) is 31.2 Å². The monoisotopic (exact) mass is 411 g/mol. The molecule has 1 aliphatic carbocycles. The Bertz CT molecular complexity index is 1050. The van der Waals surface area contributed by atoms with Crippen LogP contribution in [-0.2, 0) is 17.6 Å². The van der Waals surface area contributed by atoms with Crippen molar-refractivity contribution >= 4 is 17.3 Å². The lowest BCUT2D eigenvalue weighted by Crippen LogP contribution is -2.04. The maximum atomic E-state index is 13.5. The number of halogens is 1. The average molecular weight is 411 g/mol. The van der Waals surface area contributed by atoms with E-state index < -0.39 is 5.97 Å². The van der Waals surface area contributed by atoms with Gasteiger partial charge in [0, 0.05) is 16.9 Å². The molecule has 0 spiro atoms. The van der Waals surface area contributed by atoms with E-state index in [-0.39, 0.29) is 18.2 Å². The van der Waals surface area contributed by atoms with E-state index in [1.54, 1.807) is 17.4 Å². The van der Waals surface area contributed by atoms with Crippen LogP contribution in [0.3, 0.4) is 0 Å². The molecule has 0 amide bonds. The molecule has 4 nitrogen and oxygen atoms in total. The summed E-state index contributed by atoms with van der Waals surface area (Å²) in [5.74, 6) is -0.102. The smallest absolute Gasteiger partial charge is 0.303 e. The van der Waals surface area contributed by atoms with Gasteiger partial charge in [-0.05, 0) is 61.1 Å². The Morgan fingerprint density at radius 1 is 1.31 bits per heavy atom. The predicted octanol–water partition coefficient (Wildman–Crippen LogP) is 5.38. The Morgan fingerprint density at radius 2 is 2.17 bits per heavy atom. The number of carboxylic acid groups (broad SMARTS) is 1. The van der Waals surface area contributed by atoms with Crippen LogP contribution in [0.2, 0.25) is 0 Å². The molecular weight excluding hydrogens is 389 g/mol. The molecule has 0 bridgehead atoms. The molecule has 3 aromatic rings. The molecule has 0 aliphatic heterocycles. The van der Waals surface area contributed by atoms with E-state index in [0.717, 1.165) is 45.3 Å². The largest absolute Gasteiger partial charge is 0.493 e. The van der Waals surface area contributed by atoms with Crippen molar-refractivity contribution in [3.8, 4) is 16.3 Å². The Kier molecular flexibility index (Phi) is 5.62. The van der Waals surface area contributed by atoms with Crippen molar-refractivity contribution in [2.24, 2.45) is 0 Å². The van der Waals surface area contributed by atoms with Gasteiger partial charge in [0.25, 0.3) is 0 Å². The van der Waals surface area contributed by atoms with Gasteiger partial charge in [-0.15, -0.1) is 11.3 Å². The zero-order valence-electron chi connectivity index (χ0n) is 16.2. The number of hydrogen-bond donors (Lipinski definition) is 1. The number of benzene rings is 2. The minimum absolute atomic E-state index is 0.107. The van der Waals surface area contributed by atoms with Gasteiger partial charge in [-0.3, -0.25) is 4.79 Å². The summed E-state index contributed by atoms with van der Waals surface area (Å²) < 4.78 is 19.4. The summed E-state index contributed by atoms with van der Waals surface area (Å²) in [5.41, 5.74) is 4.08. The molecule has 0 saturated heterocycles. The molecule has 2 aromatic carbocycles. The van der Waals surface area contributed by atoms with Crippen LogP contribution < -0.4 is 4.74 Å². The molecule has 1 N–H and O–H groups in total. The van der Waals surface area contributed by atoms with E-state index in [2.05, 4.69) is 4.98 Å². The van der Waals surface area contributed by atoms with Crippen LogP contribution in [0.5, 0.6) is 5.75 Å². The van der Waals surface area contributed by atoms with E-state index in [4.69, 9.17) is 9.84 Å². The molecule has 0 saturated carbocycles. The Balaban J connectivity index is 1.38. The first-order valence-electron chi connectivity index (χ1n) is 9.69. The maximum absolute atomic E-state index is 13.5. The summed E-state index contributed by atoms with van der Waals surface area (Å²) >= 11 is 1.56. The number of nitrogens with zero attached hydrogens (tertiary/aromatic N) is 1. The fourth-order valence-corrected chi connectivity index (χ4v) is 4.82. The Morgan fingerprint density at radius 3 is 2.97 bits per heavy atom. The van der Waals surface area contributed by atoms with Crippen molar-refractivity contribution < 1.29 is 19.0 Å². The number of fused-ring (bicyclic) bond motifs is 1. The molecule has 0 fully saturated rings. The fraction of sp³-hybridized carbons (Fsp3) is 0.304. The minimum atomic E-state index is -0.751. The van der Waals surface area contributed by atoms with E-state index in [1.165, 1.54) is 17.7 Å². The number of ether oxygens (including phenoxy) is 1. The summed E-state index contributed by atoms with van der Waals surface area (Å²) in [6.07, 6.45) is 2.64. The molecule has 6 heteroatoms. The summed E-state index contributed by atoms with van der Waals surface area (Å²) in [7, 11) is 0. The highest BCUT2D eigenvalue weighted by molar-refractivity contribution is 7.15. The second-order valence-electron chi connectivity index (χ2n) is 7.32. The van der Waals surface area contributed by atoms with Gasteiger partial charge in [0.05, 0.1) is 18.7 Å². The highest BCUT2D eigenvalue weighted by atomic mass is 32.1. The van der Waals surface area contributed by atoms with Crippen molar-refractivity contribution in [1.82, 2.24) is 4.98 Å². The van der Waals surface area contributed by atoms with Crippen molar-refractivity contribution in [3.63, 3.8) is 0 Å². The third-order valence-electron chi connectivity index (χ3n) is 5.31. The molecular formula is C23H22FNO3S. The lowest BCUT2D eigenvalue weighted by molar-refractivity contribution is -0.137. The van der Waals surface area contributed by atoms with Gasteiger partial charge in [-0.1, -0.05) is 18.2 Å². The number of rotatable bonds is 7. The number of aliphatic carboxylic acids is 1. The molecule has 29 heavy (non-hydrogen) atoms. The number of thiazole rings is 1. The van der Waals surface area contributed by atoms with Crippen molar-refractivity contribution in [2.75, 3.05) is 6.61 Å². The lowest BCUT2D eigenvalue weighted by atomic mass is 9.98. The van der Waals surface area contributed by atoms with Gasteiger partial charge < -0.3 is 9.84 Å². The number of carboxylic acids is 1. The van der Waals surface area contributed by atoms with Crippen molar-refractivity contribution in [2.45, 2.75) is 38.5 Å². The summed E-state index contributed by atoms with van der Waals surface area (Å²) in [5, 5.41) is 9.86. The van der Waals surface area contributed by atoms with Gasteiger partial charge in [0.15, 0.2) is 0 Å². The van der Waals surface area contributed by atoms with Gasteiger partial charge in [0.2, 0.25) is 0 Å². The van der Waals surface area contributed by atoms with E-state index in [9.17, 15) is 9.18 Å². The Labute approximate surface area is 173 Å². The third-order valence-corrected chi connectivity index (χ3v) is 6.37. The summed E-state index contributed by atoms with van der Waals surface area (Å²) in [6.45, 7) is 2.53. The SMILES string of the molecule is Cc1sc(-c2cccc(F)c2)nc1CCOc1ccc2c(c1)CC[C@H]2CC(=O)O. The molecule has 1 heterocycles. The van der Waals surface area contributed by atoms with Crippen LogP contribution in [0.1, 0.15) is 40.5 Å². The molecule has 1 aromatic heterocycles. The van der Waals surface area contributed by atoms with Crippen LogP contribution in [0, 0.1) is 12.7 Å². The zero-order chi connectivity index (χ0) is 20.4. The first-order valence-corrected chi connectivity index (χ1v) is 10.5. The van der Waals surface area contributed by atoms with Crippen LogP contribution in [0.15, 0.2) is 42.5 Å². The number of hydrogen-bond acceptors (Lipinski definition) is 4. The first kappa shape index (κ1) is 19.6. The molecule has 1 aliphatic rings. The molecule has 4 rings (SSSR count). The molecule has 0 unspecified atom stereocenters. The lowest BCUT2D eigenvalue weighted by Gasteiger charge is -2.10. The first-order chi connectivity index (χ1) is 14.0. The van der Waals surface area contributed by atoms with Crippen molar-refractivity contribution in [1.29, 1.82) is 0 Å². The number of aromatic nitrogens is 1. The van der Waals surface area contributed by atoms with Gasteiger partial charge in [-0.2, -0.15) is 0 Å². The highest BCUT2D eigenvalue weighted by Gasteiger charge is 2.24. The van der Waals surface area contributed by atoms with Gasteiger partial charge in [0.1, 0.15) is 16.6 Å². The Hall–Kier alpha value is -2.73. The summed E-state index contributed by atoms with van der Waals surface area (Å²) in [6, 6.07) is 12.4. The fourth-order valence-electron chi connectivity index (χ4n) is 3.87. The second-order valence-corrected chi connectivity index (χ2v) is 8.53. The standard InChI is InChI=1S/C23H22FNO3S/c1-14-21(25-23(29-14)17-3-2-4-18(24)11-17)9-10-28-19-7-8-20-15(12-19)5-6-16(20)13-22(26)27/h2-4,7-8,11-12,16H,5-6,9-10,13H2,1H3,(H,26,27)/t16-/m0/s1. The maximum Gasteiger partial charge on any atom is 0.303 e. The number of aryl methyl sites for hydroxylation is 2. The topological polar surface area (TPSA) is 59.4 Å². The number of carbonyl (C=O) groups is 1. The predicted molar refractivity (Wildman–Crippen MR) is 111 cm³/mol. The zero-order valence-corrected chi connectivity index (χ0v) is 17.0.